The van der Waals surface area contributed by atoms with Gasteiger partial charge in [-0.05, 0) is 51.3 Å². The molecule has 0 aliphatic carbocycles. The average Bonchev–Trinajstić information content (AvgIpc) is 2.96. The van der Waals surface area contributed by atoms with Gasteiger partial charge in [-0.1, -0.05) is 23.9 Å². The van der Waals surface area contributed by atoms with Gasteiger partial charge in [0.1, 0.15) is 5.75 Å². The van der Waals surface area contributed by atoms with Crippen molar-refractivity contribution >= 4 is 22.6 Å². The maximum Gasteiger partial charge on any atom is 0.573 e. The summed E-state index contributed by atoms with van der Waals surface area (Å²) in [6, 6.07) is 5.67. The smallest absolute Gasteiger partial charge is 0.406 e. The topological polar surface area (TPSA) is 68.6 Å². The fraction of sp³-hybridized carbons (Fsp3) is 0.500. The van der Waals surface area contributed by atoms with E-state index < -0.39 is 6.36 Å². The number of thioether (sulfide) groups is 1. The molecule has 0 saturated carbocycles. The summed E-state index contributed by atoms with van der Waals surface area (Å²) in [4.78, 5) is 17.5. The summed E-state index contributed by atoms with van der Waals surface area (Å²) in [5, 5.41) is 3.35. The largest absolute Gasteiger partial charge is 0.573 e. The van der Waals surface area contributed by atoms with Gasteiger partial charge in [-0.25, -0.2) is 4.99 Å². The summed E-state index contributed by atoms with van der Waals surface area (Å²) in [7, 11) is 0. The van der Waals surface area contributed by atoms with Crippen LogP contribution in [-0.2, 0) is 4.74 Å². The number of rotatable bonds is 3. The number of halogens is 3. The third-order valence-corrected chi connectivity index (χ3v) is 6.38. The normalized spacial score (nSPS) is 23.6. The van der Waals surface area contributed by atoms with Gasteiger partial charge in [0.05, 0.1) is 27.5 Å². The molecule has 0 unspecified atom stereocenters. The number of nitrogens with zero attached hydrogens (tertiary/aromatic N) is 2. The lowest BCUT2D eigenvalue weighted by Gasteiger charge is -2.36. The molecule has 162 valence electrons. The highest BCUT2D eigenvalue weighted by Gasteiger charge is 2.36. The predicted octanol–water partition coefficient (Wildman–Crippen LogP) is 5.09. The Morgan fingerprint density at radius 3 is 2.63 bits per heavy atom. The first-order valence-corrected chi connectivity index (χ1v) is 10.5. The Kier molecular flexibility index (Phi) is 5.26. The Morgan fingerprint density at radius 1 is 1.30 bits per heavy atom. The first-order chi connectivity index (χ1) is 14.0. The van der Waals surface area contributed by atoms with E-state index in [1.165, 1.54) is 23.9 Å². The van der Waals surface area contributed by atoms with Gasteiger partial charge in [-0.2, -0.15) is 0 Å². The Hall–Kier alpha value is -2.20. The molecule has 0 spiro atoms. The van der Waals surface area contributed by atoms with Crippen molar-refractivity contribution in [2.75, 3.05) is 6.61 Å². The van der Waals surface area contributed by atoms with Gasteiger partial charge in [-0.15, -0.1) is 13.2 Å². The molecule has 2 aromatic rings. The molecule has 0 amide bonds. The summed E-state index contributed by atoms with van der Waals surface area (Å²) in [6.07, 6.45) is -3.25. The molecule has 1 aromatic heterocycles. The van der Waals surface area contributed by atoms with Gasteiger partial charge in [0.15, 0.2) is 5.82 Å². The van der Waals surface area contributed by atoms with E-state index in [4.69, 9.17) is 4.74 Å². The lowest BCUT2D eigenvalue weighted by atomic mass is 9.94. The quantitative estimate of drug-likeness (QED) is 0.720. The highest BCUT2D eigenvalue weighted by atomic mass is 32.2. The molecule has 4 rings (SSSR count). The van der Waals surface area contributed by atoms with E-state index in [1.54, 1.807) is 12.1 Å². The van der Waals surface area contributed by atoms with Gasteiger partial charge in [0.25, 0.3) is 5.56 Å². The maximum atomic E-state index is 12.9. The van der Waals surface area contributed by atoms with Crippen LogP contribution >= 0.6 is 11.8 Å². The van der Waals surface area contributed by atoms with Crippen molar-refractivity contribution in [1.29, 1.82) is 0 Å². The van der Waals surface area contributed by atoms with E-state index in [-0.39, 0.29) is 28.2 Å². The molecule has 2 atom stereocenters. The predicted molar refractivity (Wildman–Crippen MR) is 109 cm³/mol. The zero-order chi connectivity index (χ0) is 21.7. The second-order valence-corrected chi connectivity index (χ2v) is 9.35. The zero-order valence-electron chi connectivity index (χ0n) is 16.7. The molecule has 3 heterocycles. The molecule has 1 aromatic carbocycles. The molecule has 6 nitrogen and oxygen atoms in total. The molecule has 2 aliphatic heterocycles. The van der Waals surface area contributed by atoms with E-state index in [0.29, 0.717) is 23.6 Å². The molecule has 0 bridgehead atoms. The van der Waals surface area contributed by atoms with Crippen LogP contribution in [0.25, 0.3) is 0 Å². The zero-order valence-corrected chi connectivity index (χ0v) is 17.6. The Balaban J connectivity index is 1.69. The molecule has 1 N–H and O–H groups in total. The summed E-state index contributed by atoms with van der Waals surface area (Å²) in [5.41, 5.74) is 0.686. The third-order valence-electron chi connectivity index (χ3n) is 5.20. The molecular weight excluding hydrogens is 419 g/mol. The number of ether oxygens (including phenoxy) is 2. The van der Waals surface area contributed by atoms with E-state index in [0.717, 1.165) is 17.9 Å². The first-order valence-electron chi connectivity index (χ1n) is 9.58. The molecule has 30 heavy (non-hydrogen) atoms. The number of H-pyrrole nitrogens is 1. The van der Waals surface area contributed by atoms with E-state index >= 15 is 0 Å². The van der Waals surface area contributed by atoms with Crippen LogP contribution in [0.5, 0.6) is 5.75 Å². The number of aromatic nitrogens is 2. The minimum atomic E-state index is -4.75. The van der Waals surface area contributed by atoms with Crippen molar-refractivity contribution in [3.8, 4) is 5.75 Å². The second kappa shape index (κ2) is 7.49. The van der Waals surface area contributed by atoms with E-state index in [2.05, 4.69) is 14.8 Å². The second-order valence-electron chi connectivity index (χ2n) is 8.05. The Bertz CT molecular complexity index is 1020. The van der Waals surface area contributed by atoms with Crippen LogP contribution in [0.15, 0.2) is 34.1 Å². The summed E-state index contributed by atoms with van der Waals surface area (Å²) in [5.74, 6) is 0.285. The molecule has 10 heteroatoms. The minimum Gasteiger partial charge on any atom is -0.406 e. The highest BCUT2D eigenvalue weighted by molar-refractivity contribution is 8.14. The van der Waals surface area contributed by atoms with Crippen LogP contribution in [0.1, 0.15) is 56.0 Å². The third kappa shape index (κ3) is 4.29. The van der Waals surface area contributed by atoms with Crippen LogP contribution in [0.4, 0.5) is 19.0 Å². The molecule has 2 aliphatic rings. The molecular formula is C20H22F3N3O3S. The first kappa shape index (κ1) is 21.0. The molecule has 1 saturated heterocycles. The number of aromatic amines is 1. The lowest BCUT2D eigenvalue weighted by Crippen LogP contribution is -2.35. The monoisotopic (exact) mass is 441 g/mol. The average molecular weight is 441 g/mol. The Labute approximate surface area is 175 Å². The van der Waals surface area contributed by atoms with Gasteiger partial charge in [0.2, 0.25) is 0 Å². The molecule has 0 radical (unpaired) electrons. The number of aliphatic imine (C=N–C) groups is 1. The van der Waals surface area contributed by atoms with Crippen molar-refractivity contribution < 1.29 is 22.6 Å². The fourth-order valence-electron chi connectivity index (χ4n) is 3.97. The van der Waals surface area contributed by atoms with Crippen molar-refractivity contribution in [2.45, 2.75) is 56.9 Å². The van der Waals surface area contributed by atoms with Crippen LogP contribution in [0, 0.1) is 0 Å². The summed E-state index contributed by atoms with van der Waals surface area (Å²) >= 11 is 1.40. The van der Waals surface area contributed by atoms with Crippen molar-refractivity contribution in [1.82, 2.24) is 9.78 Å². The van der Waals surface area contributed by atoms with E-state index in [1.807, 2.05) is 25.5 Å². The van der Waals surface area contributed by atoms with Gasteiger partial charge < -0.3 is 9.47 Å². The van der Waals surface area contributed by atoms with Crippen LogP contribution in [0.3, 0.4) is 0 Å². The molecule has 1 fully saturated rings. The van der Waals surface area contributed by atoms with Crippen molar-refractivity contribution in [3.05, 3.63) is 45.7 Å². The van der Waals surface area contributed by atoms with Gasteiger partial charge in [0, 0.05) is 6.61 Å². The Morgan fingerprint density at radius 2 is 2.00 bits per heavy atom. The number of hydrogen-bond donors (Lipinski definition) is 1. The van der Waals surface area contributed by atoms with Crippen LogP contribution in [-0.4, -0.2) is 33.4 Å². The summed E-state index contributed by atoms with van der Waals surface area (Å²) in [6.45, 7) is 6.49. The number of fused-ring (bicyclic) bond motifs is 1. The van der Waals surface area contributed by atoms with Gasteiger partial charge >= 0.3 is 6.36 Å². The van der Waals surface area contributed by atoms with Crippen LogP contribution < -0.4 is 10.3 Å². The van der Waals surface area contributed by atoms with Crippen molar-refractivity contribution in [2.24, 2.45) is 4.99 Å². The number of nitrogens with one attached hydrogen (secondary N) is 1. The lowest BCUT2D eigenvalue weighted by molar-refractivity contribution is -0.274. The minimum absolute atomic E-state index is 0.0491. The van der Waals surface area contributed by atoms with Crippen molar-refractivity contribution in [3.63, 3.8) is 0 Å². The van der Waals surface area contributed by atoms with E-state index in [9.17, 15) is 18.0 Å². The highest BCUT2D eigenvalue weighted by Crippen LogP contribution is 2.45. The van der Waals surface area contributed by atoms with Crippen LogP contribution in [0.2, 0.25) is 0 Å². The maximum absolute atomic E-state index is 12.9. The summed E-state index contributed by atoms with van der Waals surface area (Å²) < 4.78 is 48.9. The SMILES string of the molecule is CC1=Nc2c(c(=O)[nH]n2[C@@H]2CCOC(C)(C)C2)[C@@H](c2ccc(OC(F)(F)F)cc2)S1. The number of benzene rings is 1. The number of alkyl halides is 3. The van der Waals surface area contributed by atoms with Gasteiger partial charge in [-0.3, -0.25) is 14.6 Å². The fourth-order valence-corrected chi connectivity index (χ4v) is 5.08. The number of hydrogen-bond acceptors (Lipinski definition) is 5. The standard InChI is InChI=1S/C20H22F3N3O3S/c1-11-24-17-15(18(27)25-26(17)13-8-9-28-19(2,3)10-13)16(30-11)12-4-6-14(7-5-12)29-20(21,22)23/h4-7,13,16H,8-10H2,1-3H3,(H,25,27)/t13-,16-/m1/s1.